The fourth-order valence-corrected chi connectivity index (χ4v) is 2.98. The average Bonchev–Trinajstić information content (AvgIpc) is 2.47. The van der Waals surface area contributed by atoms with Gasteiger partial charge in [0.2, 0.25) is 5.91 Å². The molecule has 1 fully saturated rings. The van der Waals surface area contributed by atoms with Crippen LogP contribution < -0.4 is 0 Å². The standard InChI is InChI=1S/C16H19ClFNO3/c1-10(15-13(17)4-3-5-14(15)18)22-16(21)12-6-8-19(9-7-12)11(2)20/h3-5,10,12H,6-9H2,1-2H3/t10-/m0/s1. The first kappa shape index (κ1) is 16.7. The van der Waals surface area contributed by atoms with E-state index in [4.69, 9.17) is 16.3 Å². The number of hydrogen-bond acceptors (Lipinski definition) is 3. The Morgan fingerprint density at radius 1 is 1.36 bits per heavy atom. The topological polar surface area (TPSA) is 46.6 Å². The van der Waals surface area contributed by atoms with E-state index in [0.29, 0.717) is 25.9 Å². The zero-order valence-electron chi connectivity index (χ0n) is 12.6. The number of carbonyl (C=O) groups is 2. The number of piperidine rings is 1. The summed E-state index contributed by atoms with van der Waals surface area (Å²) in [5, 5.41) is 0.242. The summed E-state index contributed by atoms with van der Waals surface area (Å²) in [7, 11) is 0. The summed E-state index contributed by atoms with van der Waals surface area (Å²) in [4.78, 5) is 25.2. The molecule has 1 amide bonds. The fourth-order valence-electron chi connectivity index (χ4n) is 2.66. The molecule has 0 unspecified atom stereocenters. The van der Waals surface area contributed by atoms with E-state index in [1.165, 1.54) is 19.1 Å². The molecule has 1 aromatic carbocycles. The molecule has 0 spiro atoms. The lowest BCUT2D eigenvalue weighted by Crippen LogP contribution is -2.39. The number of ether oxygens (including phenoxy) is 1. The van der Waals surface area contributed by atoms with E-state index in [0.717, 1.165) is 0 Å². The van der Waals surface area contributed by atoms with E-state index in [2.05, 4.69) is 0 Å². The first-order valence-corrected chi connectivity index (χ1v) is 7.68. The quantitative estimate of drug-likeness (QED) is 0.800. The molecule has 120 valence electrons. The van der Waals surface area contributed by atoms with Gasteiger partial charge in [-0.3, -0.25) is 9.59 Å². The zero-order chi connectivity index (χ0) is 16.3. The van der Waals surface area contributed by atoms with Gasteiger partial charge in [-0.1, -0.05) is 17.7 Å². The summed E-state index contributed by atoms with van der Waals surface area (Å²) in [5.74, 6) is -1.10. The molecular formula is C16H19ClFNO3. The number of likely N-dealkylation sites (tertiary alicyclic amines) is 1. The largest absolute Gasteiger partial charge is 0.457 e. The maximum Gasteiger partial charge on any atom is 0.309 e. The van der Waals surface area contributed by atoms with Gasteiger partial charge in [0, 0.05) is 25.6 Å². The van der Waals surface area contributed by atoms with Crippen molar-refractivity contribution in [1.29, 1.82) is 0 Å². The third-order valence-corrected chi connectivity index (χ3v) is 4.30. The first-order valence-electron chi connectivity index (χ1n) is 7.30. The number of hydrogen-bond donors (Lipinski definition) is 0. The minimum absolute atomic E-state index is 0.0123. The third kappa shape index (κ3) is 3.77. The van der Waals surface area contributed by atoms with Gasteiger partial charge in [0.05, 0.1) is 10.9 Å². The number of carbonyl (C=O) groups excluding carboxylic acids is 2. The van der Waals surface area contributed by atoms with Crippen molar-refractivity contribution in [2.24, 2.45) is 5.92 Å². The first-order chi connectivity index (χ1) is 10.4. The van der Waals surface area contributed by atoms with E-state index >= 15 is 0 Å². The van der Waals surface area contributed by atoms with Crippen molar-refractivity contribution < 1.29 is 18.7 Å². The summed E-state index contributed by atoms with van der Waals surface area (Å²) >= 11 is 5.97. The molecule has 0 aliphatic carbocycles. The Kier molecular flexibility index (Phi) is 5.40. The van der Waals surface area contributed by atoms with Gasteiger partial charge in [0.25, 0.3) is 0 Å². The molecular weight excluding hydrogens is 309 g/mol. The molecule has 1 aliphatic rings. The van der Waals surface area contributed by atoms with Crippen molar-refractivity contribution in [1.82, 2.24) is 4.90 Å². The summed E-state index contributed by atoms with van der Waals surface area (Å²) in [6.45, 7) is 4.21. The Morgan fingerprint density at radius 2 is 2.00 bits per heavy atom. The lowest BCUT2D eigenvalue weighted by Gasteiger charge is -2.30. The number of benzene rings is 1. The van der Waals surface area contributed by atoms with Crippen LogP contribution in [0.2, 0.25) is 5.02 Å². The van der Waals surface area contributed by atoms with Crippen molar-refractivity contribution in [2.75, 3.05) is 13.1 Å². The number of nitrogens with zero attached hydrogens (tertiary/aromatic N) is 1. The number of amides is 1. The van der Waals surface area contributed by atoms with Crippen molar-refractivity contribution in [3.63, 3.8) is 0 Å². The van der Waals surface area contributed by atoms with Crippen molar-refractivity contribution in [3.8, 4) is 0 Å². The molecule has 2 rings (SSSR count). The Morgan fingerprint density at radius 3 is 2.55 bits per heavy atom. The maximum atomic E-state index is 13.8. The molecule has 22 heavy (non-hydrogen) atoms. The monoisotopic (exact) mass is 327 g/mol. The molecule has 0 aromatic heterocycles. The van der Waals surface area contributed by atoms with E-state index in [9.17, 15) is 14.0 Å². The van der Waals surface area contributed by atoms with Crippen LogP contribution in [0.25, 0.3) is 0 Å². The molecule has 6 heteroatoms. The van der Waals surface area contributed by atoms with Gasteiger partial charge >= 0.3 is 5.97 Å². The van der Waals surface area contributed by atoms with E-state index < -0.39 is 11.9 Å². The Hall–Kier alpha value is -1.62. The molecule has 0 N–H and O–H groups in total. The van der Waals surface area contributed by atoms with Crippen LogP contribution in [0, 0.1) is 11.7 Å². The minimum Gasteiger partial charge on any atom is -0.457 e. The van der Waals surface area contributed by atoms with Crippen LogP contribution in [0.1, 0.15) is 38.4 Å². The lowest BCUT2D eigenvalue weighted by atomic mass is 9.97. The van der Waals surface area contributed by atoms with Crippen LogP contribution in [0.15, 0.2) is 18.2 Å². The maximum absolute atomic E-state index is 13.8. The van der Waals surface area contributed by atoms with E-state index in [-0.39, 0.29) is 28.4 Å². The molecule has 1 heterocycles. The summed E-state index contributed by atoms with van der Waals surface area (Å²) in [5.41, 5.74) is 0.193. The Labute approximate surface area is 134 Å². The second-order valence-electron chi connectivity index (χ2n) is 5.49. The molecule has 1 aliphatic heterocycles. The Bertz CT molecular complexity index is 550. The minimum atomic E-state index is -0.743. The smallest absolute Gasteiger partial charge is 0.309 e. The van der Waals surface area contributed by atoms with Crippen LogP contribution in [0.5, 0.6) is 0 Å². The van der Waals surface area contributed by atoms with Crippen molar-refractivity contribution in [2.45, 2.75) is 32.8 Å². The normalized spacial score (nSPS) is 17.2. The SMILES string of the molecule is CC(=O)N1CCC(C(=O)O[C@@H](C)c2c(F)cccc2Cl)CC1. The number of halogens is 2. The highest BCUT2D eigenvalue weighted by atomic mass is 35.5. The fraction of sp³-hybridized carbons (Fsp3) is 0.500. The molecule has 1 saturated heterocycles. The van der Waals surface area contributed by atoms with Crippen LogP contribution >= 0.6 is 11.6 Å². The molecule has 0 radical (unpaired) electrons. The summed E-state index contributed by atoms with van der Waals surface area (Å²) < 4.78 is 19.2. The van der Waals surface area contributed by atoms with Gasteiger partial charge in [-0.2, -0.15) is 0 Å². The van der Waals surface area contributed by atoms with Gasteiger partial charge in [-0.15, -0.1) is 0 Å². The van der Waals surface area contributed by atoms with E-state index in [1.807, 2.05) is 0 Å². The molecule has 4 nitrogen and oxygen atoms in total. The predicted octanol–water partition coefficient (Wildman–Crippen LogP) is 3.34. The van der Waals surface area contributed by atoms with Gasteiger partial charge in [-0.25, -0.2) is 4.39 Å². The second kappa shape index (κ2) is 7.09. The highest BCUT2D eigenvalue weighted by molar-refractivity contribution is 6.31. The van der Waals surface area contributed by atoms with Crippen LogP contribution in [0.3, 0.4) is 0 Å². The summed E-state index contributed by atoms with van der Waals surface area (Å²) in [6.07, 6.45) is 0.388. The second-order valence-corrected chi connectivity index (χ2v) is 5.90. The molecule has 1 atom stereocenters. The molecule has 0 saturated carbocycles. The summed E-state index contributed by atoms with van der Waals surface area (Å²) in [6, 6.07) is 4.36. The number of rotatable bonds is 3. The average molecular weight is 328 g/mol. The van der Waals surface area contributed by atoms with Crippen molar-refractivity contribution in [3.05, 3.63) is 34.6 Å². The van der Waals surface area contributed by atoms with Gasteiger partial charge in [-0.05, 0) is 31.9 Å². The van der Waals surface area contributed by atoms with Crippen LogP contribution in [-0.4, -0.2) is 29.9 Å². The lowest BCUT2D eigenvalue weighted by molar-refractivity contribution is -0.156. The van der Waals surface area contributed by atoms with E-state index in [1.54, 1.807) is 17.9 Å². The van der Waals surface area contributed by atoms with Crippen molar-refractivity contribution >= 4 is 23.5 Å². The molecule has 1 aromatic rings. The zero-order valence-corrected chi connectivity index (χ0v) is 13.4. The highest BCUT2D eigenvalue weighted by Crippen LogP contribution is 2.30. The predicted molar refractivity (Wildman–Crippen MR) is 80.9 cm³/mol. The van der Waals surface area contributed by atoms with Gasteiger partial charge in [0.15, 0.2) is 0 Å². The Balaban J connectivity index is 1.96. The molecule has 0 bridgehead atoms. The van der Waals surface area contributed by atoms with Gasteiger partial charge < -0.3 is 9.64 Å². The van der Waals surface area contributed by atoms with Crippen LogP contribution in [0.4, 0.5) is 4.39 Å². The third-order valence-electron chi connectivity index (χ3n) is 3.97. The highest BCUT2D eigenvalue weighted by Gasteiger charge is 2.29. The van der Waals surface area contributed by atoms with Crippen LogP contribution in [-0.2, 0) is 14.3 Å². The number of esters is 1. The van der Waals surface area contributed by atoms with Gasteiger partial charge in [0.1, 0.15) is 11.9 Å².